The third-order valence-corrected chi connectivity index (χ3v) is 11.7. The Morgan fingerprint density at radius 1 is 0.587 bits per heavy atom. The van der Waals surface area contributed by atoms with E-state index in [9.17, 15) is 0 Å². The molecule has 5 aliphatic heterocycles. The lowest BCUT2D eigenvalue weighted by Crippen LogP contribution is -2.80. The summed E-state index contributed by atoms with van der Waals surface area (Å²) in [6.45, 7) is 2.27. The molecule has 6 nitrogen and oxygen atoms in total. The third-order valence-electron chi connectivity index (χ3n) is 11.2. The number of amides is 2. The maximum absolute atomic E-state index is 15.9. The number of anilines is 2. The predicted molar refractivity (Wildman–Crippen MR) is 181 cm³/mol. The van der Waals surface area contributed by atoms with Gasteiger partial charge in [0.1, 0.15) is 0 Å². The van der Waals surface area contributed by atoms with E-state index < -0.39 is 11.1 Å². The molecule has 4 atom stereocenters. The summed E-state index contributed by atoms with van der Waals surface area (Å²) in [5.74, 6) is -0.126. The highest BCUT2D eigenvalue weighted by molar-refractivity contribution is 6.32. The summed E-state index contributed by atoms with van der Waals surface area (Å²) >= 11 is 13.7. The first-order valence-corrected chi connectivity index (χ1v) is 17.1. The molecule has 4 aromatic rings. The Morgan fingerprint density at radius 3 is 1.41 bits per heavy atom. The molecule has 2 unspecified atom stereocenters. The van der Waals surface area contributed by atoms with Crippen LogP contribution in [0.2, 0.25) is 10.0 Å². The van der Waals surface area contributed by atoms with Crippen LogP contribution in [0.1, 0.15) is 47.9 Å². The molecule has 5 aliphatic rings. The van der Waals surface area contributed by atoms with E-state index in [0.717, 1.165) is 72.4 Å². The first kappa shape index (κ1) is 28.5. The van der Waals surface area contributed by atoms with Crippen molar-refractivity contribution >= 4 is 46.4 Å². The van der Waals surface area contributed by atoms with Gasteiger partial charge in [0.15, 0.2) is 11.1 Å². The van der Waals surface area contributed by atoms with E-state index >= 15 is 9.59 Å². The number of nitrogens with zero attached hydrogens (tertiary/aromatic N) is 4. The van der Waals surface area contributed by atoms with Gasteiger partial charge in [0, 0.05) is 57.7 Å². The van der Waals surface area contributed by atoms with Crippen LogP contribution in [0.3, 0.4) is 0 Å². The fraction of sp³-hybridized carbons (Fsp3) is 0.316. The minimum Gasteiger partial charge on any atom is -0.306 e. The lowest BCUT2D eigenvalue weighted by Gasteiger charge is -2.61. The zero-order valence-electron chi connectivity index (χ0n) is 25.4. The van der Waals surface area contributed by atoms with Crippen LogP contribution in [0.15, 0.2) is 97.1 Å². The smallest absolute Gasteiger partial charge is 0.255 e. The normalized spacial score (nSPS) is 28.3. The Morgan fingerprint density at radius 2 is 1.00 bits per heavy atom. The van der Waals surface area contributed by atoms with Crippen molar-refractivity contribution in [1.29, 1.82) is 0 Å². The Balaban J connectivity index is 1.35. The second kappa shape index (κ2) is 10.4. The maximum Gasteiger partial charge on any atom is 0.255 e. The largest absolute Gasteiger partial charge is 0.306 e. The summed E-state index contributed by atoms with van der Waals surface area (Å²) in [5, 5.41) is 1.11. The van der Waals surface area contributed by atoms with E-state index in [1.165, 1.54) is 0 Å². The fourth-order valence-corrected chi connectivity index (χ4v) is 9.98. The van der Waals surface area contributed by atoms with E-state index in [4.69, 9.17) is 23.2 Å². The number of hydrogen-bond acceptors (Lipinski definition) is 4. The first-order valence-electron chi connectivity index (χ1n) is 16.3. The molecule has 9 rings (SSSR count). The number of carbonyl (C=O) groups excluding carboxylic acids is 2. The summed E-state index contributed by atoms with van der Waals surface area (Å²) in [4.78, 5) is 40.4. The molecule has 46 heavy (non-hydrogen) atoms. The van der Waals surface area contributed by atoms with Gasteiger partial charge in [-0.25, -0.2) is 0 Å². The molecule has 0 aliphatic carbocycles. The Labute approximate surface area is 279 Å². The van der Waals surface area contributed by atoms with Crippen molar-refractivity contribution in [1.82, 2.24) is 9.80 Å². The van der Waals surface area contributed by atoms with Gasteiger partial charge in [-0.3, -0.25) is 19.4 Å². The van der Waals surface area contributed by atoms with Crippen LogP contribution in [-0.2, 0) is 33.8 Å². The number of hydrogen-bond donors (Lipinski definition) is 0. The molecule has 0 saturated carbocycles. The predicted octanol–water partition coefficient (Wildman–Crippen LogP) is 7.12. The van der Waals surface area contributed by atoms with Crippen LogP contribution >= 0.6 is 23.2 Å². The number of rotatable bonds is 4. The Hall–Kier alpha value is -3.68. The van der Waals surface area contributed by atoms with Crippen molar-refractivity contribution in [2.24, 2.45) is 0 Å². The Kier molecular flexibility index (Phi) is 6.46. The van der Waals surface area contributed by atoms with Gasteiger partial charge in [-0.2, -0.15) is 0 Å². The zero-order chi connectivity index (χ0) is 31.2. The molecule has 2 spiro atoms. The molecular weight excluding hydrogens is 615 g/mol. The molecular formula is C38H34Cl2N4O2. The highest BCUT2D eigenvalue weighted by Crippen LogP contribution is 2.67. The van der Waals surface area contributed by atoms with Gasteiger partial charge >= 0.3 is 0 Å². The van der Waals surface area contributed by atoms with Crippen molar-refractivity contribution in [2.75, 3.05) is 22.9 Å². The van der Waals surface area contributed by atoms with Gasteiger partial charge in [0.2, 0.25) is 0 Å². The second-order valence-electron chi connectivity index (χ2n) is 13.3. The van der Waals surface area contributed by atoms with Crippen LogP contribution in [-0.4, -0.2) is 46.8 Å². The number of halogens is 2. The van der Waals surface area contributed by atoms with Gasteiger partial charge in [-0.15, -0.1) is 0 Å². The number of benzene rings is 4. The van der Waals surface area contributed by atoms with E-state index in [-0.39, 0.29) is 23.9 Å². The minimum absolute atomic E-state index is 0.0632. The van der Waals surface area contributed by atoms with Gasteiger partial charge in [0.25, 0.3) is 11.8 Å². The molecule has 3 fully saturated rings. The average molecular weight is 650 g/mol. The molecule has 0 radical (unpaired) electrons. The lowest BCUT2D eigenvalue weighted by atomic mass is 9.64. The fourth-order valence-electron chi connectivity index (χ4n) is 9.64. The maximum atomic E-state index is 15.9. The number of carbonyl (C=O) groups is 2. The molecule has 8 heteroatoms. The third kappa shape index (κ3) is 3.61. The van der Waals surface area contributed by atoms with Gasteiger partial charge in [-0.1, -0.05) is 83.9 Å². The average Bonchev–Trinajstić information content (AvgIpc) is 3.84. The second-order valence-corrected chi connectivity index (χ2v) is 14.2. The molecule has 232 valence electrons. The van der Waals surface area contributed by atoms with E-state index in [0.29, 0.717) is 23.1 Å². The highest BCUT2D eigenvalue weighted by Gasteiger charge is 2.80. The van der Waals surface area contributed by atoms with Crippen molar-refractivity contribution < 1.29 is 9.59 Å². The molecule has 2 amide bonds. The molecule has 4 aromatic carbocycles. The molecule has 0 bridgehead atoms. The van der Waals surface area contributed by atoms with Crippen molar-refractivity contribution in [3.8, 4) is 0 Å². The van der Waals surface area contributed by atoms with Gasteiger partial charge in [-0.05, 0) is 73.2 Å². The number of fused-ring (bicyclic) bond motifs is 10. The molecule has 5 heterocycles. The highest BCUT2D eigenvalue weighted by atomic mass is 35.5. The zero-order valence-corrected chi connectivity index (χ0v) is 26.9. The van der Waals surface area contributed by atoms with E-state index in [1.807, 2.05) is 82.6 Å². The van der Waals surface area contributed by atoms with Crippen molar-refractivity contribution in [3.05, 3.63) is 129 Å². The molecule has 0 N–H and O–H groups in total. The summed E-state index contributed by atoms with van der Waals surface area (Å²) in [6, 6.07) is 32.1. The van der Waals surface area contributed by atoms with Crippen LogP contribution in [0.25, 0.3) is 0 Å². The van der Waals surface area contributed by atoms with Crippen molar-refractivity contribution in [2.45, 2.75) is 61.9 Å². The SMILES string of the molecule is O=C1N(Cc2ccccc2)c2ccc(Cl)cc2[C@@]12N1CCCC1C1CCCN1[C@]21C(=O)N(Cc2ccccc2)c2ccc(Cl)cc21. The lowest BCUT2D eigenvalue weighted by molar-refractivity contribution is -0.180. The standard InChI is InChI=1S/C38H34Cl2N4O2/c39-27-15-17-31-29(21-27)37(35(45)41(31)23-25-9-3-1-4-10-25)38(44-20-8-14-34(44)33-13-7-19-43(33)37)30-22-28(40)16-18-32(30)42(36(38)46)24-26-11-5-2-6-12-26/h1-6,9-12,15-18,21-22,33-34H,7-8,13-14,19-20,23-24H2/t33?,34?,37-,38-/m1/s1. The summed E-state index contributed by atoms with van der Waals surface area (Å²) < 4.78 is 0. The topological polar surface area (TPSA) is 47.1 Å². The summed E-state index contributed by atoms with van der Waals surface area (Å²) in [6.07, 6.45) is 3.93. The molecule has 3 saturated heterocycles. The Bertz CT molecular complexity index is 1750. The molecule has 0 aromatic heterocycles. The monoisotopic (exact) mass is 648 g/mol. The van der Waals surface area contributed by atoms with Crippen LogP contribution in [0, 0.1) is 0 Å². The summed E-state index contributed by atoms with van der Waals surface area (Å²) in [7, 11) is 0. The van der Waals surface area contributed by atoms with E-state index in [1.54, 1.807) is 0 Å². The van der Waals surface area contributed by atoms with Gasteiger partial charge in [0.05, 0.1) is 13.1 Å². The summed E-state index contributed by atoms with van der Waals surface area (Å²) in [5.41, 5.74) is 2.68. The quantitative estimate of drug-likeness (QED) is 0.236. The van der Waals surface area contributed by atoms with Crippen LogP contribution in [0.5, 0.6) is 0 Å². The van der Waals surface area contributed by atoms with Crippen molar-refractivity contribution in [3.63, 3.8) is 0 Å². The van der Waals surface area contributed by atoms with Gasteiger partial charge < -0.3 is 9.80 Å². The van der Waals surface area contributed by atoms with Crippen LogP contribution in [0.4, 0.5) is 11.4 Å². The van der Waals surface area contributed by atoms with E-state index in [2.05, 4.69) is 34.1 Å². The first-order chi connectivity index (χ1) is 22.5. The van der Waals surface area contributed by atoms with Crippen LogP contribution < -0.4 is 9.80 Å². The number of piperazine rings is 1. The minimum atomic E-state index is -1.33.